The number of allylic oxidation sites excluding steroid dienone is 2. The average Bonchev–Trinajstić information content (AvgIpc) is 3.42. The van der Waals surface area contributed by atoms with Crippen molar-refractivity contribution in [2.75, 3.05) is 13.7 Å². The lowest BCUT2D eigenvalue weighted by atomic mass is 9.89. The average molecular weight is 337 g/mol. The lowest BCUT2D eigenvalue weighted by Gasteiger charge is -2.25. The molecule has 0 spiro atoms. The van der Waals surface area contributed by atoms with E-state index >= 15 is 0 Å². The molecule has 1 heterocycles. The maximum atomic E-state index is 12.7. The van der Waals surface area contributed by atoms with Crippen LogP contribution in [0.1, 0.15) is 50.0 Å². The molecule has 4 rings (SSSR count). The first-order valence-electron chi connectivity index (χ1n) is 9.58. The molecule has 0 aromatic heterocycles. The van der Waals surface area contributed by atoms with Crippen molar-refractivity contribution in [3.05, 3.63) is 53.6 Å². The molecule has 3 aliphatic rings. The lowest BCUT2D eigenvalue weighted by Crippen LogP contribution is -2.37. The minimum Gasteiger partial charge on any atom is -0.497 e. The van der Waals surface area contributed by atoms with Crippen LogP contribution >= 0.6 is 0 Å². The molecule has 2 unspecified atom stereocenters. The van der Waals surface area contributed by atoms with Crippen LogP contribution in [-0.2, 0) is 4.79 Å². The van der Waals surface area contributed by atoms with Crippen LogP contribution in [0.4, 0.5) is 0 Å². The van der Waals surface area contributed by atoms with E-state index < -0.39 is 0 Å². The second kappa shape index (κ2) is 7.07. The highest BCUT2D eigenvalue weighted by Crippen LogP contribution is 2.38. The Kier molecular flexibility index (Phi) is 4.65. The van der Waals surface area contributed by atoms with Crippen LogP contribution in [0.15, 0.2) is 48.1 Å². The van der Waals surface area contributed by atoms with Gasteiger partial charge in [-0.05, 0) is 55.4 Å². The zero-order valence-electron chi connectivity index (χ0n) is 15.0. The third kappa shape index (κ3) is 3.51. The Morgan fingerprint density at radius 2 is 1.92 bits per heavy atom. The number of hydrogen-bond donors (Lipinski definition) is 0. The molecule has 2 aliphatic carbocycles. The zero-order valence-corrected chi connectivity index (χ0v) is 15.0. The van der Waals surface area contributed by atoms with E-state index in [1.165, 1.54) is 24.0 Å². The number of amides is 1. The van der Waals surface area contributed by atoms with E-state index in [1.807, 2.05) is 12.1 Å². The first kappa shape index (κ1) is 16.4. The van der Waals surface area contributed by atoms with Crippen molar-refractivity contribution in [1.82, 2.24) is 4.90 Å². The van der Waals surface area contributed by atoms with Crippen LogP contribution in [0.2, 0.25) is 0 Å². The van der Waals surface area contributed by atoms with Gasteiger partial charge in [0.15, 0.2) is 0 Å². The van der Waals surface area contributed by atoms with E-state index in [2.05, 4.69) is 35.3 Å². The molecule has 2 bridgehead atoms. The number of ether oxygens (including phenoxy) is 1. The second-order valence-electron chi connectivity index (χ2n) is 7.51. The van der Waals surface area contributed by atoms with Gasteiger partial charge in [-0.2, -0.15) is 0 Å². The number of nitrogens with zero attached hydrogens (tertiary/aromatic N) is 1. The number of benzene rings is 1. The Bertz CT molecular complexity index is 684. The number of rotatable bonds is 3. The molecule has 2 atom stereocenters. The van der Waals surface area contributed by atoms with Gasteiger partial charge >= 0.3 is 0 Å². The van der Waals surface area contributed by atoms with Gasteiger partial charge < -0.3 is 9.64 Å². The van der Waals surface area contributed by atoms with Gasteiger partial charge in [0.25, 0.3) is 0 Å². The minimum atomic E-state index is 0.267. The van der Waals surface area contributed by atoms with E-state index in [1.54, 1.807) is 7.11 Å². The molecule has 1 aromatic carbocycles. The molecular formula is C22H27NO2. The molecule has 3 nitrogen and oxygen atoms in total. The standard InChI is InChI=1S/C22H27NO2/c1-25-20-12-10-16(11-13-20)21-7-5-3-2-4-6-19-14-18(21)15-23(19)22(24)17-8-9-17/h5,7,10-14,17,19,21H,2-4,6,8-9,15H2,1H3/b7-5-. The second-order valence-corrected chi connectivity index (χ2v) is 7.51. The molecular weight excluding hydrogens is 310 g/mol. The fourth-order valence-electron chi connectivity index (χ4n) is 4.06. The van der Waals surface area contributed by atoms with Crippen LogP contribution in [0.25, 0.3) is 0 Å². The summed E-state index contributed by atoms with van der Waals surface area (Å²) < 4.78 is 5.30. The van der Waals surface area contributed by atoms with Crippen LogP contribution in [-0.4, -0.2) is 30.5 Å². The van der Waals surface area contributed by atoms with Crippen LogP contribution in [0, 0.1) is 5.92 Å². The summed E-state index contributed by atoms with van der Waals surface area (Å²) in [7, 11) is 1.70. The molecule has 3 heteroatoms. The van der Waals surface area contributed by atoms with Crippen LogP contribution in [0.5, 0.6) is 5.75 Å². The highest BCUT2D eigenvalue weighted by molar-refractivity contribution is 5.82. The first-order valence-corrected chi connectivity index (χ1v) is 9.58. The van der Waals surface area contributed by atoms with Gasteiger partial charge in [-0.3, -0.25) is 4.79 Å². The van der Waals surface area contributed by atoms with E-state index in [9.17, 15) is 4.79 Å². The van der Waals surface area contributed by atoms with Crippen molar-refractivity contribution < 1.29 is 9.53 Å². The van der Waals surface area contributed by atoms with Crippen molar-refractivity contribution in [2.45, 2.75) is 50.5 Å². The van der Waals surface area contributed by atoms with Crippen LogP contribution < -0.4 is 4.74 Å². The summed E-state index contributed by atoms with van der Waals surface area (Å²) in [5.41, 5.74) is 2.66. The summed E-state index contributed by atoms with van der Waals surface area (Å²) in [5, 5.41) is 0. The molecule has 1 aromatic rings. The smallest absolute Gasteiger partial charge is 0.226 e. The maximum Gasteiger partial charge on any atom is 0.226 e. The van der Waals surface area contributed by atoms with Gasteiger partial charge in [0.05, 0.1) is 13.2 Å². The Morgan fingerprint density at radius 1 is 1.12 bits per heavy atom. The topological polar surface area (TPSA) is 29.5 Å². The normalized spacial score (nSPS) is 27.6. The van der Waals surface area contributed by atoms with E-state index in [4.69, 9.17) is 4.74 Å². The van der Waals surface area contributed by atoms with Gasteiger partial charge in [0, 0.05) is 18.4 Å². The summed E-state index contributed by atoms with van der Waals surface area (Å²) in [5.74, 6) is 1.84. The SMILES string of the molecule is COc1ccc(C2/C=C\CCCCC3C=C2CN3C(=O)C2CC2)cc1. The highest BCUT2D eigenvalue weighted by Gasteiger charge is 2.39. The van der Waals surface area contributed by atoms with Crippen LogP contribution in [0.3, 0.4) is 0 Å². The van der Waals surface area contributed by atoms with Gasteiger partial charge in [-0.25, -0.2) is 0 Å². The molecule has 1 amide bonds. The third-order valence-corrected chi connectivity index (χ3v) is 5.69. The number of carbonyl (C=O) groups excluding carboxylic acids is 1. The van der Waals surface area contributed by atoms with E-state index in [0.29, 0.717) is 17.9 Å². The van der Waals surface area contributed by atoms with Gasteiger partial charge in [-0.15, -0.1) is 0 Å². The minimum absolute atomic E-state index is 0.267. The maximum absolute atomic E-state index is 12.7. The Hall–Kier alpha value is -2.03. The quantitative estimate of drug-likeness (QED) is 0.762. The summed E-state index contributed by atoms with van der Waals surface area (Å²) in [6, 6.07) is 8.67. The summed E-state index contributed by atoms with van der Waals surface area (Å²) >= 11 is 0. The fourth-order valence-corrected chi connectivity index (χ4v) is 4.06. The Balaban J connectivity index is 1.62. The third-order valence-electron chi connectivity index (χ3n) is 5.69. The summed E-state index contributed by atoms with van der Waals surface area (Å²) in [6.07, 6.45) is 13.8. The van der Waals surface area contributed by atoms with Crippen molar-refractivity contribution in [1.29, 1.82) is 0 Å². The first-order chi connectivity index (χ1) is 12.3. The Morgan fingerprint density at radius 3 is 2.64 bits per heavy atom. The van der Waals surface area contributed by atoms with Crippen molar-refractivity contribution in [3.63, 3.8) is 0 Å². The molecule has 25 heavy (non-hydrogen) atoms. The van der Waals surface area contributed by atoms with Crippen molar-refractivity contribution >= 4 is 5.91 Å². The molecule has 132 valence electrons. The molecule has 0 saturated heterocycles. The van der Waals surface area contributed by atoms with Gasteiger partial charge in [0.2, 0.25) is 5.91 Å². The highest BCUT2D eigenvalue weighted by atomic mass is 16.5. The molecule has 1 saturated carbocycles. The Labute approximate surface area is 150 Å². The largest absolute Gasteiger partial charge is 0.497 e. The van der Waals surface area contributed by atoms with E-state index in [-0.39, 0.29) is 5.92 Å². The van der Waals surface area contributed by atoms with Crippen molar-refractivity contribution in [2.24, 2.45) is 5.92 Å². The lowest BCUT2D eigenvalue weighted by molar-refractivity contribution is -0.133. The predicted octanol–water partition coefficient (Wildman–Crippen LogP) is 4.46. The summed E-state index contributed by atoms with van der Waals surface area (Å²) in [6.45, 7) is 0.793. The monoisotopic (exact) mass is 337 g/mol. The molecule has 0 radical (unpaired) electrons. The molecule has 0 N–H and O–H groups in total. The number of carbonyl (C=O) groups is 1. The number of methoxy groups -OCH3 is 1. The van der Waals surface area contributed by atoms with E-state index in [0.717, 1.165) is 38.0 Å². The van der Waals surface area contributed by atoms with Crippen molar-refractivity contribution in [3.8, 4) is 5.75 Å². The number of hydrogen-bond acceptors (Lipinski definition) is 2. The van der Waals surface area contributed by atoms with Gasteiger partial charge in [0.1, 0.15) is 5.75 Å². The van der Waals surface area contributed by atoms with Gasteiger partial charge in [-0.1, -0.05) is 36.8 Å². The molecule has 1 fully saturated rings. The number of fused-ring (bicyclic) bond motifs is 1. The summed E-state index contributed by atoms with van der Waals surface area (Å²) in [4.78, 5) is 14.9. The fraction of sp³-hybridized carbons (Fsp3) is 0.500. The zero-order chi connectivity index (χ0) is 17.2. The predicted molar refractivity (Wildman–Crippen MR) is 99.7 cm³/mol. The molecule has 1 aliphatic heterocycles.